The normalized spacial score (nSPS) is 22.3. The Labute approximate surface area is 384 Å². The Bertz CT molecular complexity index is 2690. The molecule has 10 rings (SSSR count). The first kappa shape index (κ1) is 43.1. The predicted molar refractivity (Wildman–Crippen MR) is 258 cm³/mol. The molecule has 2 heterocycles. The second-order valence-corrected chi connectivity index (χ2v) is 20.6. The van der Waals surface area contributed by atoms with E-state index in [2.05, 4.69) is 9.80 Å². The third-order valence-electron chi connectivity index (χ3n) is 13.3. The van der Waals surface area contributed by atoms with E-state index in [4.69, 9.17) is 0 Å². The number of hydrogen-bond donors (Lipinski definition) is 0. The molecule has 0 spiro atoms. The molecule has 0 aromatic heterocycles. The van der Waals surface area contributed by atoms with Gasteiger partial charge in [0.1, 0.15) is 0 Å². The largest absolute Gasteiger partial charge is 0.380 e. The number of anilines is 6. The van der Waals surface area contributed by atoms with E-state index in [0.717, 1.165) is 56.4 Å². The van der Waals surface area contributed by atoms with Gasteiger partial charge >= 0.3 is 17.8 Å². The summed E-state index contributed by atoms with van der Waals surface area (Å²) in [5.74, 6) is -15.9. The Balaban J connectivity index is 1.04. The summed E-state index contributed by atoms with van der Waals surface area (Å²) >= 11 is 2.52. The topological polar surface area (TPSA) is 6.48 Å². The van der Waals surface area contributed by atoms with Gasteiger partial charge < -0.3 is 9.80 Å². The number of fused-ring (bicyclic) bond motifs is 4. The Kier molecular flexibility index (Phi) is 10.0. The number of benzene rings is 6. The molecule has 10 heteroatoms. The quantitative estimate of drug-likeness (QED) is 0.140. The van der Waals surface area contributed by atoms with Crippen molar-refractivity contribution in [3.8, 4) is 0 Å². The summed E-state index contributed by atoms with van der Waals surface area (Å²) in [6.07, 6.45) is 2.89. The van der Waals surface area contributed by atoms with Crippen LogP contribution in [0.5, 0.6) is 0 Å². The summed E-state index contributed by atoms with van der Waals surface area (Å²) in [6, 6.07) is 47.8. The van der Waals surface area contributed by atoms with Gasteiger partial charge in [0.25, 0.3) is 0 Å². The van der Waals surface area contributed by atoms with Gasteiger partial charge in [-0.15, -0.1) is 23.5 Å². The van der Waals surface area contributed by atoms with Gasteiger partial charge in [0.2, 0.25) is 0 Å². The predicted octanol–water partition coefficient (Wildman–Crippen LogP) is 16.8. The highest BCUT2D eigenvalue weighted by atomic mass is 32.2. The van der Waals surface area contributed by atoms with Gasteiger partial charge in [-0.25, -0.2) is 0 Å². The second-order valence-electron chi connectivity index (χ2n) is 17.7. The van der Waals surface area contributed by atoms with Crippen LogP contribution in [-0.4, -0.2) is 27.3 Å². The molecular formula is C55H44F6N2S2. The van der Waals surface area contributed by atoms with Gasteiger partial charge in [-0.3, -0.25) is 0 Å². The SMILES string of the molecule is Cc1ccc(N(c2ccc(C)cc2)c2ccc(C3=CC4=C5C(=C6C=C(c7ccc(N(c8ccc(C)cc8)c8ccc(C)cc8)cc7)SC6(C)C4(C)S3)C(F)(F)C(F)(F)C5(F)F)cc2)cc1. The van der Waals surface area contributed by atoms with Crippen LogP contribution in [-0.2, 0) is 0 Å². The lowest BCUT2D eigenvalue weighted by atomic mass is 9.71. The maximum Gasteiger partial charge on any atom is 0.380 e. The molecule has 65 heavy (non-hydrogen) atoms. The van der Waals surface area contributed by atoms with Gasteiger partial charge in [0, 0.05) is 55.1 Å². The molecule has 328 valence electrons. The maximum atomic E-state index is 16.3. The molecule has 0 amide bonds. The fourth-order valence-corrected chi connectivity index (χ4v) is 12.6. The zero-order valence-electron chi connectivity index (χ0n) is 36.5. The first-order chi connectivity index (χ1) is 30.8. The van der Waals surface area contributed by atoms with Gasteiger partial charge in [0.05, 0.1) is 9.49 Å². The van der Waals surface area contributed by atoms with E-state index < -0.39 is 38.4 Å². The molecule has 2 atom stereocenters. The van der Waals surface area contributed by atoms with Crippen molar-refractivity contribution in [1.82, 2.24) is 0 Å². The third-order valence-corrected chi connectivity index (χ3v) is 16.7. The summed E-state index contributed by atoms with van der Waals surface area (Å²) in [5.41, 5.74) is 8.22. The maximum absolute atomic E-state index is 16.3. The second kappa shape index (κ2) is 15.1. The minimum absolute atomic E-state index is 0.199. The molecule has 6 aromatic rings. The smallest absolute Gasteiger partial charge is 0.311 e. The highest BCUT2D eigenvalue weighted by Gasteiger charge is 2.84. The minimum atomic E-state index is -5.65. The van der Waals surface area contributed by atoms with Crippen LogP contribution < -0.4 is 9.80 Å². The molecule has 0 N–H and O–H groups in total. The summed E-state index contributed by atoms with van der Waals surface area (Å²) in [4.78, 5) is 5.27. The van der Waals surface area contributed by atoms with E-state index in [1.165, 1.54) is 35.7 Å². The molecule has 2 aliphatic carbocycles. The van der Waals surface area contributed by atoms with Crippen molar-refractivity contribution in [1.29, 1.82) is 0 Å². The van der Waals surface area contributed by atoms with Gasteiger partial charge in [-0.2, -0.15) is 26.3 Å². The molecule has 6 aromatic carbocycles. The molecule has 2 unspecified atom stereocenters. The Morgan fingerprint density at radius 1 is 0.354 bits per heavy atom. The minimum Gasteiger partial charge on any atom is -0.311 e. The van der Waals surface area contributed by atoms with Crippen molar-refractivity contribution in [2.24, 2.45) is 0 Å². The van der Waals surface area contributed by atoms with E-state index in [0.29, 0.717) is 20.9 Å². The molecular weight excluding hydrogens is 867 g/mol. The van der Waals surface area contributed by atoms with Crippen molar-refractivity contribution in [2.45, 2.75) is 68.8 Å². The molecule has 1 saturated carbocycles. The number of alkyl halides is 6. The summed E-state index contributed by atoms with van der Waals surface area (Å²) in [5, 5.41) is 0. The number of aryl methyl sites for hydroxylation is 4. The van der Waals surface area contributed by atoms with E-state index in [1.54, 1.807) is 13.8 Å². The van der Waals surface area contributed by atoms with Crippen LogP contribution in [0.4, 0.5) is 60.5 Å². The lowest BCUT2D eigenvalue weighted by Gasteiger charge is -2.47. The molecule has 0 saturated heterocycles. The number of nitrogens with zero attached hydrogens (tertiary/aromatic N) is 2. The van der Waals surface area contributed by atoms with E-state index >= 15 is 26.3 Å². The summed E-state index contributed by atoms with van der Waals surface area (Å²) in [6.45, 7) is 11.5. The van der Waals surface area contributed by atoms with Gasteiger partial charge in [0.15, 0.2) is 0 Å². The molecule has 2 nitrogen and oxygen atoms in total. The van der Waals surface area contributed by atoms with Gasteiger partial charge in [-0.1, -0.05) is 95.1 Å². The number of thioether (sulfide) groups is 2. The van der Waals surface area contributed by atoms with Crippen molar-refractivity contribution < 1.29 is 26.3 Å². The van der Waals surface area contributed by atoms with Crippen LogP contribution in [0, 0.1) is 27.7 Å². The molecule has 0 bridgehead atoms. The van der Waals surface area contributed by atoms with Crippen LogP contribution in [0.2, 0.25) is 0 Å². The molecule has 4 aliphatic rings. The van der Waals surface area contributed by atoms with E-state index in [-0.39, 0.29) is 11.1 Å². The van der Waals surface area contributed by atoms with Crippen molar-refractivity contribution in [3.05, 3.63) is 213 Å². The average molecular weight is 911 g/mol. The van der Waals surface area contributed by atoms with Crippen molar-refractivity contribution in [3.63, 3.8) is 0 Å². The van der Waals surface area contributed by atoms with E-state index in [1.807, 2.05) is 173 Å². The van der Waals surface area contributed by atoms with Crippen LogP contribution in [0.15, 0.2) is 180 Å². The molecule has 0 radical (unpaired) electrons. The van der Waals surface area contributed by atoms with E-state index in [9.17, 15) is 0 Å². The Morgan fingerprint density at radius 3 is 0.831 bits per heavy atom. The van der Waals surface area contributed by atoms with Gasteiger partial charge in [-0.05, 0) is 149 Å². The number of hydrogen-bond acceptors (Lipinski definition) is 4. The first-order valence-electron chi connectivity index (χ1n) is 21.4. The highest BCUT2D eigenvalue weighted by molar-refractivity contribution is 8.14. The van der Waals surface area contributed by atoms with Crippen LogP contribution >= 0.6 is 23.5 Å². The lowest BCUT2D eigenvalue weighted by molar-refractivity contribution is -0.258. The molecule has 1 fully saturated rings. The standard InChI is InChI=1S/C55H44F6N2S2/c1-33-7-19-39(20-8-33)62(40-21-9-34(2)10-22-40)43-27-15-37(16-28-43)47-31-45-49-50(54(58,59)55(60,61)53(49,56)57)46-32-48(65-52(46,6)51(45,5)64-47)38-17-29-44(30-18-38)63(41-23-11-35(3)12-24-41)42-25-13-36(4)14-26-42/h7-32H,1-6H3. The zero-order valence-corrected chi connectivity index (χ0v) is 38.1. The number of rotatable bonds is 8. The lowest BCUT2D eigenvalue weighted by Crippen LogP contribution is -2.48. The third kappa shape index (κ3) is 6.56. The summed E-state index contributed by atoms with van der Waals surface area (Å²) < 4.78 is 93.6. The monoisotopic (exact) mass is 910 g/mol. The summed E-state index contributed by atoms with van der Waals surface area (Å²) in [7, 11) is 0. The van der Waals surface area contributed by atoms with Crippen molar-refractivity contribution >= 4 is 67.5 Å². The zero-order chi connectivity index (χ0) is 45.8. The van der Waals surface area contributed by atoms with Crippen LogP contribution in [0.25, 0.3) is 9.81 Å². The average Bonchev–Trinajstić information content (AvgIpc) is 3.87. The Hall–Kier alpha value is -5.84. The van der Waals surface area contributed by atoms with Crippen molar-refractivity contribution in [2.75, 3.05) is 9.80 Å². The highest BCUT2D eigenvalue weighted by Crippen LogP contribution is 2.75. The molecule has 2 aliphatic heterocycles. The number of halogens is 6. The van der Waals surface area contributed by atoms with Crippen LogP contribution in [0.3, 0.4) is 0 Å². The number of allylic oxidation sites excluding steroid dienone is 4. The van der Waals surface area contributed by atoms with Crippen LogP contribution in [0.1, 0.15) is 47.2 Å². The fourth-order valence-electron chi connectivity index (χ4n) is 9.41. The Morgan fingerprint density at radius 2 is 0.585 bits per heavy atom. The first-order valence-corrected chi connectivity index (χ1v) is 23.0. The fraction of sp³-hybridized carbons (Fsp3) is 0.200.